The molecule has 1 aromatic heterocycles. The highest BCUT2D eigenvalue weighted by Crippen LogP contribution is 2.32. The number of aromatic amines is 1. The minimum atomic E-state index is -4.52. The first-order chi connectivity index (χ1) is 14.8. The third-order valence-corrected chi connectivity index (χ3v) is 6.08. The minimum absolute atomic E-state index is 0.00890. The molecule has 1 heterocycles. The molecular weight excluding hydrogens is 429 g/mol. The number of para-hydroxylation sites is 1. The summed E-state index contributed by atoms with van der Waals surface area (Å²) in [6.45, 7) is 0.773. The van der Waals surface area contributed by atoms with Crippen LogP contribution in [0.15, 0.2) is 42.5 Å². The molecule has 0 unspecified atom stereocenters. The molecule has 5 nitrogen and oxygen atoms in total. The number of alkyl halides is 3. The van der Waals surface area contributed by atoms with Crippen molar-refractivity contribution in [2.75, 3.05) is 11.9 Å². The van der Waals surface area contributed by atoms with Crippen LogP contribution >= 0.6 is 11.6 Å². The Hall–Kier alpha value is -2.74. The number of aromatic nitrogens is 2. The Bertz CT molecular complexity index is 1070. The normalized spacial score (nSPS) is 19.4. The van der Waals surface area contributed by atoms with Crippen LogP contribution in [-0.2, 0) is 6.18 Å². The fourth-order valence-electron chi connectivity index (χ4n) is 3.99. The van der Waals surface area contributed by atoms with E-state index >= 15 is 0 Å². The van der Waals surface area contributed by atoms with Gasteiger partial charge in [0.2, 0.25) is 0 Å². The fraction of sp³-hybridized carbons (Fsp3) is 0.364. The van der Waals surface area contributed by atoms with Crippen molar-refractivity contribution in [3.8, 4) is 0 Å². The number of hydrogen-bond donors (Lipinski definition) is 3. The van der Waals surface area contributed by atoms with Gasteiger partial charge in [-0.15, -0.1) is 0 Å². The Kier molecular flexibility index (Phi) is 6.09. The zero-order valence-electron chi connectivity index (χ0n) is 16.6. The van der Waals surface area contributed by atoms with Crippen LogP contribution in [0, 0.1) is 5.92 Å². The molecular formula is C22H22ClF3N4O. The second kappa shape index (κ2) is 8.78. The van der Waals surface area contributed by atoms with Crippen molar-refractivity contribution in [2.45, 2.75) is 37.9 Å². The van der Waals surface area contributed by atoms with E-state index in [1.165, 1.54) is 0 Å². The predicted molar refractivity (Wildman–Crippen MR) is 114 cm³/mol. The molecule has 0 radical (unpaired) electrons. The van der Waals surface area contributed by atoms with Crippen molar-refractivity contribution in [3.05, 3.63) is 58.6 Å². The minimum Gasteiger partial charge on any atom is -0.368 e. The SMILES string of the molecule is O=C(N[C@H]1CC[C@H](CNc2n[nH]c3ccccc23)CC1)c1cc(C(F)(F)F)ccc1Cl. The molecule has 0 atom stereocenters. The first-order valence-electron chi connectivity index (χ1n) is 10.2. The van der Waals surface area contributed by atoms with E-state index in [1.807, 2.05) is 24.3 Å². The molecule has 1 aliphatic rings. The molecule has 0 saturated heterocycles. The average Bonchev–Trinajstić information content (AvgIpc) is 3.16. The van der Waals surface area contributed by atoms with Crippen LogP contribution < -0.4 is 10.6 Å². The van der Waals surface area contributed by atoms with Crippen LogP contribution in [-0.4, -0.2) is 28.7 Å². The molecule has 1 saturated carbocycles. The lowest BCUT2D eigenvalue weighted by atomic mass is 9.86. The molecule has 3 N–H and O–H groups in total. The number of benzene rings is 2. The van der Waals surface area contributed by atoms with Crippen molar-refractivity contribution in [3.63, 3.8) is 0 Å². The number of halogens is 4. The van der Waals surface area contributed by atoms with Gasteiger partial charge in [0.05, 0.1) is 21.7 Å². The zero-order valence-corrected chi connectivity index (χ0v) is 17.4. The van der Waals surface area contributed by atoms with E-state index in [-0.39, 0.29) is 16.6 Å². The van der Waals surface area contributed by atoms with Crippen LogP contribution in [0.2, 0.25) is 5.02 Å². The van der Waals surface area contributed by atoms with E-state index in [9.17, 15) is 18.0 Å². The van der Waals surface area contributed by atoms with Crippen molar-refractivity contribution in [1.82, 2.24) is 15.5 Å². The van der Waals surface area contributed by atoms with Gasteiger partial charge in [-0.25, -0.2) is 0 Å². The smallest absolute Gasteiger partial charge is 0.368 e. The molecule has 0 aliphatic heterocycles. The molecule has 1 fully saturated rings. The first-order valence-corrected chi connectivity index (χ1v) is 10.5. The van der Waals surface area contributed by atoms with E-state index in [0.29, 0.717) is 5.92 Å². The number of carbonyl (C=O) groups is 1. The molecule has 31 heavy (non-hydrogen) atoms. The lowest BCUT2D eigenvalue weighted by Gasteiger charge is -2.29. The summed E-state index contributed by atoms with van der Waals surface area (Å²) in [5.74, 6) is 0.687. The van der Waals surface area contributed by atoms with Gasteiger partial charge in [-0.3, -0.25) is 9.89 Å². The average molecular weight is 451 g/mol. The zero-order chi connectivity index (χ0) is 22.0. The Morgan fingerprint density at radius 3 is 2.61 bits per heavy atom. The summed E-state index contributed by atoms with van der Waals surface area (Å²) < 4.78 is 38.8. The molecule has 4 rings (SSSR count). The summed E-state index contributed by atoms with van der Waals surface area (Å²) in [6.07, 6.45) is -1.20. The number of nitrogens with one attached hydrogen (secondary N) is 3. The highest BCUT2D eigenvalue weighted by molar-refractivity contribution is 6.33. The summed E-state index contributed by atoms with van der Waals surface area (Å²) in [5.41, 5.74) is -0.0573. The first kappa shape index (κ1) is 21.5. The largest absolute Gasteiger partial charge is 0.416 e. The summed E-state index contributed by atoms with van der Waals surface area (Å²) in [6, 6.07) is 10.6. The lowest BCUT2D eigenvalue weighted by Crippen LogP contribution is -2.38. The molecule has 164 valence electrons. The second-order valence-electron chi connectivity index (χ2n) is 7.88. The molecule has 9 heteroatoms. The predicted octanol–water partition coefficient (Wildman–Crippen LogP) is 5.64. The van der Waals surface area contributed by atoms with Gasteiger partial charge >= 0.3 is 6.18 Å². The summed E-state index contributed by atoms with van der Waals surface area (Å²) in [4.78, 5) is 12.5. The fourth-order valence-corrected chi connectivity index (χ4v) is 4.19. The highest BCUT2D eigenvalue weighted by Gasteiger charge is 2.32. The van der Waals surface area contributed by atoms with E-state index in [4.69, 9.17) is 11.6 Å². The van der Waals surface area contributed by atoms with Gasteiger partial charge in [-0.2, -0.15) is 18.3 Å². The Labute approximate surface area is 182 Å². The van der Waals surface area contributed by atoms with E-state index in [0.717, 1.165) is 67.1 Å². The number of H-pyrrole nitrogens is 1. The molecule has 0 spiro atoms. The van der Waals surface area contributed by atoms with Crippen LogP contribution in [0.25, 0.3) is 10.9 Å². The summed E-state index contributed by atoms with van der Waals surface area (Å²) in [7, 11) is 0. The van der Waals surface area contributed by atoms with Gasteiger partial charge in [-0.1, -0.05) is 23.7 Å². The number of amides is 1. The van der Waals surface area contributed by atoms with Gasteiger partial charge in [0.25, 0.3) is 5.91 Å². The Morgan fingerprint density at radius 2 is 1.87 bits per heavy atom. The maximum Gasteiger partial charge on any atom is 0.416 e. The standard InChI is InChI=1S/C22H22ClF3N4O/c23-18-10-7-14(22(24,25)26)11-17(18)21(31)28-15-8-5-13(6-9-15)12-27-20-16-3-1-2-4-19(16)29-30-20/h1-4,7,10-11,13,15H,5-6,8-9,12H2,(H,28,31)(H2,27,29,30)/t13-,15-. The number of anilines is 1. The van der Waals surface area contributed by atoms with Crippen LogP contribution in [0.5, 0.6) is 0 Å². The molecule has 1 aliphatic carbocycles. The summed E-state index contributed by atoms with van der Waals surface area (Å²) >= 11 is 5.97. The number of fused-ring (bicyclic) bond motifs is 1. The Morgan fingerprint density at radius 1 is 1.13 bits per heavy atom. The van der Waals surface area contributed by atoms with Gasteiger partial charge in [0.1, 0.15) is 0 Å². The number of hydrogen-bond acceptors (Lipinski definition) is 3. The summed E-state index contributed by atoms with van der Waals surface area (Å²) in [5, 5.41) is 14.6. The van der Waals surface area contributed by atoms with Gasteiger partial charge in [-0.05, 0) is 61.9 Å². The van der Waals surface area contributed by atoms with Gasteiger partial charge in [0.15, 0.2) is 5.82 Å². The van der Waals surface area contributed by atoms with Crippen molar-refractivity contribution in [1.29, 1.82) is 0 Å². The van der Waals surface area contributed by atoms with Gasteiger partial charge < -0.3 is 10.6 Å². The number of carbonyl (C=O) groups excluding carboxylic acids is 1. The van der Waals surface area contributed by atoms with E-state index < -0.39 is 17.6 Å². The maximum absolute atomic E-state index is 12.9. The lowest BCUT2D eigenvalue weighted by molar-refractivity contribution is -0.137. The Balaban J connectivity index is 1.30. The van der Waals surface area contributed by atoms with Crippen molar-refractivity contribution >= 4 is 34.2 Å². The molecule has 1 amide bonds. The maximum atomic E-state index is 12.9. The molecule has 3 aromatic rings. The number of nitrogens with zero attached hydrogens (tertiary/aromatic N) is 1. The van der Waals surface area contributed by atoms with Crippen LogP contribution in [0.1, 0.15) is 41.6 Å². The second-order valence-corrected chi connectivity index (χ2v) is 8.29. The van der Waals surface area contributed by atoms with Gasteiger partial charge in [0, 0.05) is 18.0 Å². The van der Waals surface area contributed by atoms with Crippen LogP contribution in [0.3, 0.4) is 0 Å². The third-order valence-electron chi connectivity index (χ3n) is 5.75. The molecule has 0 bridgehead atoms. The van der Waals surface area contributed by atoms with Crippen molar-refractivity contribution < 1.29 is 18.0 Å². The third kappa shape index (κ3) is 4.95. The van der Waals surface area contributed by atoms with Crippen molar-refractivity contribution in [2.24, 2.45) is 5.92 Å². The highest BCUT2D eigenvalue weighted by atomic mass is 35.5. The van der Waals surface area contributed by atoms with E-state index in [2.05, 4.69) is 20.8 Å². The molecule has 2 aromatic carbocycles. The van der Waals surface area contributed by atoms with E-state index in [1.54, 1.807) is 0 Å². The monoisotopic (exact) mass is 450 g/mol. The number of rotatable bonds is 5. The van der Waals surface area contributed by atoms with Crippen LogP contribution in [0.4, 0.5) is 19.0 Å². The topological polar surface area (TPSA) is 69.8 Å². The quantitative estimate of drug-likeness (QED) is 0.471.